The topological polar surface area (TPSA) is 32.3 Å². The van der Waals surface area contributed by atoms with Crippen molar-refractivity contribution in [3.05, 3.63) is 24.3 Å². The molecule has 1 heterocycles. The van der Waals surface area contributed by atoms with E-state index >= 15 is 0 Å². The van der Waals surface area contributed by atoms with Crippen molar-refractivity contribution in [2.24, 2.45) is 23.2 Å². The van der Waals surface area contributed by atoms with Crippen LogP contribution in [0.1, 0.15) is 51.4 Å². The predicted octanol–water partition coefficient (Wildman–Crippen LogP) is 4.44. The molecule has 0 radical (unpaired) electrons. The molecule has 1 amide bonds. The van der Waals surface area contributed by atoms with Crippen LogP contribution in [0.3, 0.4) is 0 Å². The molecule has 3 nitrogen and oxygen atoms in total. The maximum Gasteiger partial charge on any atom is 0.230 e. The highest BCUT2D eigenvalue weighted by Gasteiger charge is 2.54. The van der Waals surface area contributed by atoms with E-state index in [0.29, 0.717) is 5.91 Å². The van der Waals surface area contributed by atoms with E-state index in [4.69, 9.17) is 0 Å². The highest BCUT2D eigenvalue weighted by molar-refractivity contribution is 5.96. The van der Waals surface area contributed by atoms with Gasteiger partial charge < -0.3 is 10.2 Å². The molecule has 0 aromatic heterocycles. The molecule has 1 aromatic carbocycles. The normalized spacial score (nSPS) is 37.0. The fraction of sp³-hybridized carbons (Fsp3) is 0.667. The average molecular weight is 324 g/mol. The Labute approximate surface area is 144 Å². The minimum absolute atomic E-state index is 0.0571. The van der Waals surface area contributed by atoms with Crippen molar-refractivity contribution in [3.63, 3.8) is 0 Å². The van der Waals surface area contributed by atoms with Crippen molar-refractivity contribution in [1.82, 2.24) is 0 Å². The van der Waals surface area contributed by atoms with E-state index in [1.54, 1.807) is 0 Å². The van der Waals surface area contributed by atoms with E-state index in [0.717, 1.165) is 55.8 Å². The lowest BCUT2D eigenvalue weighted by atomic mass is 9.49. The van der Waals surface area contributed by atoms with Gasteiger partial charge in [-0.2, -0.15) is 0 Å². The van der Waals surface area contributed by atoms with Gasteiger partial charge in [0.25, 0.3) is 0 Å². The van der Waals surface area contributed by atoms with E-state index in [-0.39, 0.29) is 5.41 Å². The third kappa shape index (κ3) is 2.44. The minimum atomic E-state index is -0.0571. The summed E-state index contributed by atoms with van der Waals surface area (Å²) in [6.07, 6.45) is 10.1. The maximum atomic E-state index is 13.2. The van der Waals surface area contributed by atoms with Gasteiger partial charge in [0.05, 0.1) is 5.41 Å². The molecule has 6 rings (SSSR count). The summed E-state index contributed by atoms with van der Waals surface area (Å²) >= 11 is 0. The van der Waals surface area contributed by atoms with Crippen molar-refractivity contribution in [2.75, 3.05) is 23.3 Å². The smallest absolute Gasteiger partial charge is 0.230 e. The summed E-state index contributed by atoms with van der Waals surface area (Å²) in [6, 6.07) is 8.48. The van der Waals surface area contributed by atoms with Gasteiger partial charge >= 0.3 is 0 Å². The molecule has 0 atom stereocenters. The van der Waals surface area contributed by atoms with Crippen LogP contribution in [0, 0.1) is 23.2 Å². The summed E-state index contributed by atoms with van der Waals surface area (Å²) in [5.41, 5.74) is 2.19. The second kappa shape index (κ2) is 5.50. The van der Waals surface area contributed by atoms with Crippen LogP contribution in [0.2, 0.25) is 0 Å². The Kier molecular flexibility index (Phi) is 3.39. The van der Waals surface area contributed by atoms with E-state index in [1.807, 2.05) is 0 Å². The lowest BCUT2D eigenvalue weighted by Crippen LogP contribution is -2.51. The summed E-state index contributed by atoms with van der Waals surface area (Å²) in [4.78, 5) is 15.6. The Balaban J connectivity index is 1.34. The van der Waals surface area contributed by atoms with Crippen LogP contribution < -0.4 is 10.2 Å². The van der Waals surface area contributed by atoms with Crippen LogP contribution >= 0.6 is 0 Å². The summed E-state index contributed by atoms with van der Waals surface area (Å²) in [7, 11) is 0. The second-order valence-electron chi connectivity index (χ2n) is 8.90. The van der Waals surface area contributed by atoms with Crippen LogP contribution in [0.15, 0.2) is 24.3 Å². The fourth-order valence-electron chi connectivity index (χ4n) is 6.41. The summed E-state index contributed by atoms with van der Waals surface area (Å²) in [6.45, 7) is 2.29. The first-order valence-electron chi connectivity index (χ1n) is 9.87. The number of anilines is 2. The second-order valence-corrected chi connectivity index (χ2v) is 8.90. The van der Waals surface area contributed by atoms with Crippen molar-refractivity contribution in [2.45, 2.75) is 51.4 Å². The van der Waals surface area contributed by atoms with Gasteiger partial charge in [-0.15, -0.1) is 0 Å². The Morgan fingerprint density at radius 1 is 1.00 bits per heavy atom. The monoisotopic (exact) mass is 324 g/mol. The van der Waals surface area contributed by atoms with Crippen LogP contribution in [-0.4, -0.2) is 19.0 Å². The Hall–Kier alpha value is -1.51. The van der Waals surface area contributed by atoms with Gasteiger partial charge in [0, 0.05) is 24.5 Å². The van der Waals surface area contributed by atoms with Crippen molar-refractivity contribution >= 4 is 17.3 Å². The molecular weight excluding hydrogens is 296 g/mol. The van der Waals surface area contributed by atoms with Crippen molar-refractivity contribution in [3.8, 4) is 0 Å². The summed E-state index contributed by atoms with van der Waals surface area (Å²) in [5, 5.41) is 3.30. The first kappa shape index (κ1) is 14.8. The van der Waals surface area contributed by atoms with Gasteiger partial charge in [-0.25, -0.2) is 0 Å². The number of amides is 1. The zero-order chi connectivity index (χ0) is 16.1. The van der Waals surface area contributed by atoms with Gasteiger partial charge in [0.15, 0.2) is 0 Å². The zero-order valence-electron chi connectivity index (χ0n) is 14.5. The van der Waals surface area contributed by atoms with Gasteiger partial charge in [-0.1, -0.05) is 6.07 Å². The third-order valence-electron chi connectivity index (χ3n) is 7.10. The molecule has 3 heteroatoms. The predicted molar refractivity (Wildman–Crippen MR) is 97.1 cm³/mol. The summed E-state index contributed by atoms with van der Waals surface area (Å²) < 4.78 is 0. The lowest BCUT2D eigenvalue weighted by molar-refractivity contribution is -0.140. The quantitative estimate of drug-likeness (QED) is 0.891. The number of carbonyl (C=O) groups is 1. The molecule has 4 aliphatic carbocycles. The number of nitrogens with one attached hydrogen (secondary N) is 1. The van der Waals surface area contributed by atoms with Crippen molar-refractivity contribution in [1.29, 1.82) is 0 Å². The zero-order valence-corrected chi connectivity index (χ0v) is 14.5. The Morgan fingerprint density at radius 3 is 2.25 bits per heavy atom. The number of benzene rings is 1. The standard InChI is InChI=1S/C21H28N2O/c24-20(21-12-15-8-16(13-21)10-17(9-15)14-21)22-18-4-3-5-19(11-18)23-6-1-2-7-23/h3-5,11,15-17H,1-2,6-10,12-14H2,(H,22,24). The molecule has 0 unspecified atom stereocenters. The molecule has 0 spiro atoms. The number of hydrogen-bond donors (Lipinski definition) is 1. The third-order valence-corrected chi connectivity index (χ3v) is 7.10. The molecule has 1 saturated heterocycles. The molecular formula is C21H28N2O. The van der Waals surface area contributed by atoms with E-state index in [1.165, 1.54) is 37.8 Å². The number of carbonyl (C=O) groups excluding carboxylic acids is 1. The van der Waals surface area contributed by atoms with Crippen molar-refractivity contribution < 1.29 is 4.79 Å². The first-order chi connectivity index (χ1) is 11.7. The van der Waals surface area contributed by atoms with Crippen LogP contribution in [0.4, 0.5) is 11.4 Å². The molecule has 4 bridgehead atoms. The summed E-state index contributed by atoms with van der Waals surface area (Å²) in [5.74, 6) is 2.76. The van der Waals surface area contributed by atoms with Gasteiger partial charge in [0.1, 0.15) is 0 Å². The maximum absolute atomic E-state index is 13.2. The molecule has 5 fully saturated rings. The molecule has 1 aliphatic heterocycles. The number of hydrogen-bond acceptors (Lipinski definition) is 2. The van der Waals surface area contributed by atoms with E-state index in [2.05, 4.69) is 34.5 Å². The Bertz CT molecular complexity index is 612. The largest absolute Gasteiger partial charge is 0.371 e. The van der Waals surface area contributed by atoms with Crippen LogP contribution in [0.25, 0.3) is 0 Å². The fourth-order valence-corrected chi connectivity index (χ4v) is 6.41. The first-order valence-corrected chi connectivity index (χ1v) is 9.87. The highest BCUT2D eigenvalue weighted by atomic mass is 16.2. The molecule has 128 valence electrons. The average Bonchev–Trinajstić information content (AvgIpc) is 3.08. The molecule has 5 aliphatic rings. The molecule has 1 aromatic rings. The van der Waals surface area contributed by atoms with Crippen LogP contribution in [0.5, 0.6) is 0 Å². The number of nitrogens with zero attached hydrogens (tertiary/aromatic N) is 1. The highest BCUT2D eigenvalue weighted by Crippen LogP contribution is 2.60. The van der Waals surface area contributed by atoms with Gasteiger partial charge in [0.2, 0.25) is 5.91 Å². The minimum Gasteiger partial charge on any atom is -0.371 e. The molecule has 1 N–H and O–H groups in total. The van der Waals surface area contributed by atoms with E-state index < -0.39 is 0 Å². The number of rotatable bonds is 3. The molecule has 4 saturated carbocycles. The molecule has 24 heavy (non-hydrogen) atoms. The lowest BCUT2D eigenvalue weighted by Gasteiger charge is -2.55. The van der Waals surface area contributed by atoms with Crippen LogP contribution in [-0.2, 0) is 4.79 Å². The van der Waals surface area contributed by atoms with Gasteiger partial charge in [-0.3, -0.25) is 4.79 Å². The van der Waals surface area contributed by atoms with E-state index in [9.17, 15) is 4.79 Å². The Morgan fingerprint density at radius 2 is 1.62 bits per heavy atom. The SMILES string of the molecule is O=C(Nc1cccc(N2CCCC2)c1)C12CC3CC(CC(C3)C1)C2. The van der Waals surface area contributed by atoms with Gasteiger partial charge in [-0.05, 0) is 87.3 Å².